The number of allylic oxidation sites excluding steroid dienone is 2. The molecule has 3 atom stereocenters. The molecule has 1 amide bonds. The van der Waals surface area contributed by atoms with E-state index in [1.807, 2.05) is 6.92 Å². The topological polar surface area (TPSA) is 72.9 Å². The maximum absolute atomic E-state index is 13.1. The number of carbonyl (C=O) groups excluding carboxylic acids is 3. The molecular weight excluding hydrogens is 358 g/mol. The quantitative estimate of drug-likeness (QED) is 0.417. The standard InChI is InChI=1S/C22H35NO5/c1-7-9-13-19(24)27-16(3)18-12-10-14-23(18)21(26)17(11-8-2)15-20(25)28-22(4,5)6/h7-8,16-18H,1-2,9-15H2,3-6H3/t16-,17?,18-/m0/s1. The highest BCUT2D eigenvalue weighted by Gasteiger charge is 2.38. The Morgan fingerprint density at radius 3 is 2.43 bits per heavy atom. The van der Waals surface area contributed by atoms with Crippen LogP contribution in [0.3, 0.4) is 0 Å². The van der Waals surface area contributed by atoms with Crippen LogP contribution in [0.4, 0.5) is 0 Å². The molecule has 0 spiro atoms. The normalized spacial score (nSPS) is 18.9. The third-order valence-corrected chi connectivity index (χ3v) is 4.63. The minimum atomic E-state index is -0.594. The van der Waals surface area contributed by atoms with Gasteiger partial charge < -0.3 is 14.4 Å². The zero-order valence-electron chi connectivity index (χ0n) is 17.7. The molecular formula is C22H35NO5. The van der Waals surface area contributed by atoms with Crippen molar-refractivity contribution >= 4 is 17.8 Å². The van der Waals surface area contributed by atoms with Gasteiger partial charge in [-0.05, 0) is 53.4 Å². The molecule has 0 aromatic heterocycles. The summed E-state index contributed by atoms with van der Waals surface area (Å²) in [6.45, 7) is 15.1. The number of amides is 1. The number of likely N-dealkylation sites (tertiary alicyclic amines) is 1. The van der Waals surface area contributed by atoms with Crippen LogP contribution < -0.4 is 0 Å². The first kappa shape index (κ1) is 23.9. The second-order valence-electron chi connectivity index (χ2n) is 8.28. The predicted octanol–water partition coefficient (Wildman–Crippen LogP) is 3.80. The summed E-state index contributed by atoms with van der Waals surface area (Å²) in [4.78, 5) is 39.0. The van der Waals surface area contributed by atoms with E-state index >= 15 is 0 Å². The molecule has 1 heterocycles. The lowest BCUT2D eigenvalue weighted by atomic mass is 9.98. The summed E-state index contributed by atoms with van der Waals surface area (Å²) in [5, 5.41) is 0. The third-order valence-electron chi connectivity index (χ3n) is 4.63. The molecule has 1 fully saturated rings. The van der Waals surface area contributed by atoms with E-state index in [1.54, 1.807) is 37.8 Å². The maximum Gasteiger partial charge on any atom is 0.307 e. The summed E-state index contributed by atoms with van der Waals surface area (Å²) < 4.78 is 10.9. The summed E-state index contributed by atoms with van der Waals surface area (Å²) in [5.41, 5.74) is -0.594. The van der Waals surface area contributed by atoms with E-state index < -0.39 is 23.6 Å². The van der Waals surface area contributed by atoms with Gasteiger partial charge in [-0.25, -0.2) is 0 Å². The lowest BCUT2D eigenvalue weighted by Crippen LogP contribution is -2.46. The van der Waals surface area contributed by atoms with E-state index in [2.05, 4.69) is 13.2 Å². The summed E-state index contributed by atoms with van der Waals surface area (Å²) in [5.74, 6) is -1.31. The van der Waals surface area contributed by atoms with Gasteiger partial charge in [0.25, 0.3) is 0 Å². The molecule has 1 aliphatic rings. The molecule has 1 aliphatic heterocycles. The third kappa shape index (κ3) is 7.87. The smallest absolute Gasteiger partial charge is 0.307 e. The van der Waals surface area contributed by atoms with Crippen molar-refractivity contribution in [2.24, 2.45) is 5.92 Å². The molecule has 0 N–H and O–H groups in total. The average molecular weight is 394 g/mol. The van der Waals surface area contributed by atoms with Crippen molar-refractivity contribution in [1.29, 1.82) is 0 Å². The van der Waals surface area contributed by atoms with Crippen LogP contribution in [0.2, 0.25) is 0 Å². The Morgan fingerprint density at radius 1 is 1.18 bits per heavy atom. The van der Waals surface area contributed by atoms with Gasteiger partial charge in [-0.1, -0.05) is 12.2 Å². The molecule has 1 rings (SSSR count). The van der Waals surface area contributed by atoms with Crippen LogP contribution in [0.1, 0.15) is 66.2 Å². The summed E-state index contributed by atoms with van der Waals surface area (Å²) in [7, 11) is 0. The van der Waals surface area contributed by atoms with Crippen molar-refractivity contribution in [2.75, 3.05) is 6.54 Å². The second kappa shape index (κ2) is 11.0. The largest absolute Gasteiger partial charge is 0.460 e. The van der Waals surface area contributed by atoms with E-state index in [0.29, 0.717) is 19.4 Å². The van der Waals surface area contributed by atoms with Crippen LogP contribution in [-0.4, -0.2) is 47.0 Å². The Labute approximate surface area is 168 Å². The highest BCUT2D eigenvalue weighted by atomic mass is 16.6. The lowest BCUT2D eigenvalue weighted by Gasteiger charge is -2.32. The zero-order chi connectivity index (χ0) is 21.3. The Hall–Kier alpha value is -2.11. The highest BCUT2D eigenvalue weighted by molar-refractivity contribution is 5.84. The Morgan fingerprint density at radius 2 is 1.86 bits per heavy atom. The van der Waals surface area contributed by atoms with E-state index in [0.717, 1.165) is 12.8 Å². The van der Waals surface area contributed by atoms with Crippen molar-refractivity contribution in [3.05, 3.63) is 25.3 Å². The van der Waals surface area contributed by atoms with E-state index in [4.69, 9.17) is 9.47 Å². The monoisotopic (exact) mass is 393 g/mol. The fourth-order valence-corrected chi connectivity index (χ4v) is 3.41. The van der Waals surface area contributed by atoms with E-state index in [9.17, 15) is 14.4 Å². The van der Waals surface area contributed by atoms with Crippen LogP contribution in [0.5, 0.6) is 0 Å². The average Bonchev–Trinajstić information content (AvgIpc) is 3.07. The summed E-state index contributed by atoms with van der Waals surface area (Å²) in [6.07, 6.45) is 5.81. The van der Waals surface area contributed by atoms with Crippen molar-refractivity contribution in [1.82, 2.24) is 4.90 Å². The number of ether oxygens (including phenoxy) is 2. The second-order valence-corrected chi connectivity index (χ2v) is 8.28. The number of hydrogen-bond acceptors (Lipinski definition) is 5. The van der Waals surface area contributed by atoms with E-state index in [1.165, 1.54) is 0 Å². The Bertz CT molecular complexity index is 578. The minimum Gasteiger partial charge on any atom is -0.460 e. The van der Waals surface area contributed by atoms with E-state index in [-0.39, 0.29) is 30.8 Å². The molecule has 1 saturated heterocycles. The maximum atomic E-state index is 13.1. The molecule has 0 aromatic carbocycles. The fourth-order valence-electron chi connectivity index (χ4n) is 3.41. The minimum absolute atomic E-state index is 0.0127. The van der Waals surface area contributed by atoms with Gasteiger partial charge in [0, 0.05) is 13.0 Å². The van der Waals surface area contributed by atoms with Crippen LogP contribution in [0.25, 0.3) is 0 Å². The number of carbonyl (C=O) groups is 3. The SMILES string of the molecule is C=CCCC(=O)O[C@@H](C)[C@@H]1CCCN1C(=O)C(CC=C)CC(=O)OC(C)(C)C. The van der Waals surface area contributed by atoms with Crippen LogP contribution in [0.15, 0.2) is 25.3 Å². The zero-order valence-corrected chi connectivity index (χ0v) is 17.7. The molecule has 0 bridgehead atoms. The lowest BCUT2D eigenvalue weighted by molar-refractivity contribution is -0.159. The first-order chi connectivity index (χ1) is 13.1. The summed E-state index contributed by atoms with van der Waals surface area (Å²) >= 11 is 0. The van der Waals surface area contributed by atoms with Crippen molar-refractivity contribution in [3.63, 3.8) is 0 Å². The molecule has 1 unspecified atom stereocenters. The molecule has 0 radical (unpaired) electrons. The Kier molecular flexibility index (Phi) is 9.42. The number of hydrogen-bond donors (Lipinski definition) is 0. The number of nitrogens with zero attached hydrogens (tertiary/aromatic N) is 1. The van der Waals surface area contributed by atoms with Gasteiger partial charge in [-0.2, -0.15) is 0 Å². The van der Waals surface area contributed by atoms with Crippen LogP contribution >= 0.6 is 0 Å². The number of esters is 2. The molecule has 0 aliphatic carbocycles. The fraction of sp³-hybridized carbons (Fsp3) is 0.682. The van der Waals surface area contributed by atoms with Crippen LogP contribution in [0, 0.1) is 5.92 Å². The van der Waals surface area contributed by atoms with Gasteiger partial charge in [-0.15, -0.1) is 13.2 Å². The highest BCUT2D eigenvalue weighted by Crippen LogP contribution is 2.27. The first-order valence-electron chi connectivity index (χ1n) is 10.0. The van der Waals surface area contributed by atoms with Gasteiger partial charge in [-0.3, -0.25) is 14.4 Å². The van der Waals surface area contributed by atoms with Crippen molar-refractivity contribution in [3.8, 4) is 0 Å². The Balaban J connectivity index is 2.78. The molecule has 0 saturated carbocycles. The van der Waals surface area contributed by atoms with Gasteiger partial charge in [0.15, 0.2) is 0 Å². The van der Waals surface area contributed by atoms with Crippen LogP contribution in [-0.2, 0) is 23.9 Å². The van der Waals surface area contributed by atoms with Gasteiger partial charge in [0.2, 0.25) is 5.91 Å². The molecule has 6 heteroatoms. The number of rotatable bonds is 10. The molecule has 6 nitrogen and oxygen atoms in total. The van der Waals surface area contributed by atoms with Gasteiger partial charge in [0.05, 0.1) is 18.4 Å². The van der Waals surface area contributed by atoms with Crippen molar-refractivity contribution < 1.29 is 23.9 Å². The van der Waals surface area contributed by atoms with Gasteiger partial charge in [0.1, 0.15) is 11.7 Å². The first-order valence-corrected chi connectivity index (χ1v) is 10.0. The molecule has 158 valence electrons. The summed E-state index contributed by atoms with van der Waals surface area (Å²) in [6, 6.07) is -0.175. The van der Waals surface area contributed by atoms with Crippen molar-refractivity contribution in [2.45, 2.75) is 84.0 Å². The molecule has 0 aromatic rings. The molecule has 28 heavy (non-hydrogen) atoms. The predicted molar refractivity (Wildman–Crippen MR) is 108 cm³/mol. The van der Waals surface area contributed by atoms with Gasteiger partial charge >= 0.3 is 11.9 Å².